The molecule has 19 heavy (non-hydrogen) atoms. The van der Waals surface area contributed by atoms with Crippen LogP contribution in [0.25, 0.3) is 0 Å². The second-order valence-electron chi connectivity index (χ2n) is 5.69. The van der Waals surface area contributed by atoms with Crippen molar-refractivity contribution in [2.45, 2.75) is 38.3 Å². The molecule has 2 saturated carbocycles. The van der Waals surface area contributed by atoms with E-state index in [4.69, 9.17) is 6.42 Å². The molecule has 0 aromatic carbocycles. The van der Waals surface area contributed by atoms with Crippen molar-refractivity contribution in [3.63, 3.8) is 0 Å². The van der Waals surface area contributed by atoms with E-state index < -0.39 is 0 Å². The Labute approximate surface area is 115 Å². The maximum Gasteiger partial charge on any atom is 0.0792 e. The molecule has 2 aliphatic rings. The van der Waals surface area contributed by atoms with Gasteiger partial charge in [0, 0.05) is 25.3 Å². The molecule has 0 atom stereocenters. The molecule has 0 aliphatic heterocycles. The molecule has 2 aliphatic carbocycles. The summed E-state index contributed by atoms with van der Waals surface area (Å²) in [6.07, 6.45) is 14.7. The molecule has 3 heteroatoms. The number of pyridine rings is 1. The predicted octanol–water partition coefficient (Wildman–Crippen LogP) is 2.18. The molecule has 1 aromatic rings. The van der Waals surface area contributed by atoms with Crippen LogP contribution in [0.15, 0.2) is 18.5 Å². The monoisotopic (exact) mass is 255 g/mol. The molecule has 2 fully saturated rings. The fourth-order valence-electron chi connectivity index (χ4n) is 2.36. The van der Waals surface area contributed by atoms with E-state index in [-0.39, 0.29) is 0 Å². The summed E-state index contributed by atoms with van der Waals surface area (Å²) in [4.78, 5) is 6.59. The van der Waals surface area contributed by atoms with Gasteiger partial charge in [0.25, 0.3) is 0 Å². The smallest absolute Gasteiger partial charge is 0.0792 e. The van der Waals surface area contributed by atoms with Gasteiger partial charge in [-0.1, -0.05) is 5.92 Å². The summed E-state index contributed by atoms with van der Waals surface area (Å²) in [6, 6.07) is 2.84. The number of hydrogen-bond acceptors (Lipinski definition) is 3. The predicted molar refractivity (Wildman–Crippen MR) is 77.9 cm³/mol. The Bertz CT molecular complexity index is 469. The van der Waals surface area contributed by atoms with Crippen LogP contribution in [0.5, 0.6) is 0 Å². The summed E-state index contributed by atoms with van der Waals surface area (Å²) in [6.45, 7) is 2.68. The number of hydrogen-bond donors (Lipinski definition) is 1. The lowest BCUT2D eigenvalue weighted by atomic mass is 10.2. The van der Waals surface area contributed by atoms with Crippen molar-refractivity contribution in [3.05, 3.63) is 24.0 Å². The van der Waals surface area contributed by atoms with E-state index >= 15 is 0 Å². The zero-order valence-electron chi connectivity index (χ0n) is 11.3. The zero-order valence-corrected chi connectivity index (χ0v) is 11.3. The Kier molecular flexibility index (Phi) is 3.70. The number of nitrogens with one attached hydrogen (secondary N) is 1. The second kappa shape index (κ2) is 5.63. The minimum absolute atomic E-state index is 0.679. The molecular weight excluding hydrogens is 234 g/mol. The van der Waals surface area contributed by atoms with Gasteiger partial charge in [0.1, 0.15) is 0 Å². The van der Waals surface area contributed by atoms with Crippen molar-refractivity contribution in [2.24, 2.45) is 5.92 Å². The van der Waals surface area contributed by atoms with E-state index in [1.807, 2.05) is 12.4 Å². The highest BCUT2D eigenvalue weighted by molar-refractivity contribution is 5.52. The molecule has 1 heterocycles. The van der Waals surface area contributed by atoms with Gasteiger partial charge in [-0.3, -0.25) is 4.98 Å². The van der Waals surface area contributed by atoms with Crippen LogP contribution in [0.3, 0.4) is 0 Å². The first-order valence-corrected chi connectivity index (χ1v) is 7.21. The van der Waals surface area contributed by atoms with E-state index in [1.165, 1.54) is 36.9 Å². The molecule has 3 nitrogen and oxygen atoms in total. The van der Waals surface area contributed by atoms with Crippen molar-refractivity contribution in [3.8, 4) is 12.3 Å². The van der Waals surface area contributed by atoms with E-state index in [0.717, 1.165) is 25.0 Å². The summed E-state index contributed by atoms with van der Waals surface area (Å²) in [5.74, 6) is 3.61. The fourth-order valence-corrected chi connectivity index (χ4v) is 2.36. The van der Waals surface area contributed by atoms with Gasteiger partial charge in [-0.05, 0) is 43.2 Å². The first-order valence-electron chi connectivity index (χ1n) is 7.21. The zero-order chi connectivity index (χ0) is 13.1. The largest absolute Gasteiger partial charge is 0.359 e. The average molecular weight is 255 g/mol. The van der Waals surface area contributed by atoms with Gasteiger partial charge in [-0.2, -0.15) is 0 Å². The third-order valence-electron chi connectivity index (χ3n) is 3.84. The van der Waals surface area contributed by atoms with Crippen molar-refractivity contribution in [2.75, 3.05) is 18.0 Å². The number of anilines is 1. The van der Waals surface area contributed by atoms with Crippen molar-refractivity contribution in [1.29, 1.82) is 0 Å². The number of terminal acetylenes is 1. The topological polar surface area (TPSA) is 28.2 Å². The lowest BCUT2D eigenvalue weighted by Gasteiger charge is -2.24. The van der Waals surface area contributed by atoms with E-state index in [0.29, 0.717) is 6.54 Å². The van der Waals surface area contributed by atoms with E-state index in [2.05, 4.69) is 27.2 Å². The van der Waals surface area contributed by atoms with Crippen molar-refractivity contribution >= 4 is 5.69 Å². The summed E-state index contributed by atoms with van der Waals surface area (Å²) >= 11 is 0. The molecule has 3 rings (SSSR count). The molecular formula is C16H21N3. The second-order valence-corrected chi connectivity index (χ2v) is 5.69. The van der Waals surface area contributed by atoms with Crippen LogP contribution >= 0.6 is 0 Å². The number of aromatic nitrogens is 1. The Morgan fingerprint density at radius 2 is 2.21 bits per heavy atom. The molecule has 0 spiro atoms. The Morgan fingerprint density at radius 3 is 2.89 bits per heavy atom. The molecule has 0 unspecified atom stereocenters. The Hall–Kier alpha value is -1.53. The summed E-state index contributed by atoms with van der Waals surface area (Å²) in [5, 5.41) is 3.57. The van der Waals surface area contributed by atoms with Crippen LogP contribution in [-0.2, 0) is 6.54 Å². The molecule has 1 N–H and O–H groups in total. The summed E-state index contributed by atoms with van der Waals surface area (Å²) in [5.41, 5.74) is 2.53. The summed E-state index contributed by atoms with van der Waals surface area (Å²) in [7, 11) is 0. The van der Waals surface area contributed by atoms with Gasteiger partial charge in [-0.25, -0.2) is 0 Å². The maximum atomic E-state index is 5.52. The summed E-state index contributed by atoms with van der Waals surface area (Å²) < 4.78 is 0. The van der Waals surface area contributed by atoms with Crippen LogP contribution < -0.4 is 10.2 Å². The van der Waals surface area contributed by atoms with Gasteiger partial charge in [0.05, 0.1) is 18.4 Å². The SMILES string of the molecule is C#CCN(CC1CC1)c1cnccc1CNC1CC1. The maximum absolute atomic E-state index is 5.52. The average Bonchev–Trinajstić information content (AvgIpc) is 3.31. The molecule has 0 saturated heterocycles. The number of rotatable bonds is 7. The normalized spacial score (nSPS) is 18.1. The van der Waals surface area contributed by atoms with Gasteiger partial charge in [0.15, 0.2) is 0 Å². The van der Waals surface area contributed by atoms with Crippen molar-refractivity contribution < 1.29 is 0 Å². The minimum atomic E-state index is 0.679. The van der Waals surface area contributed by atoms with Crippen LogP contribution in [0.2, 0.25) is 0 Å². The Balaban J connectivity index is 1.72. The van der Waals surface area contributed by atoms with Gasteiger partial charge in [-0.15, -0.1) is 6.42 Å². The Morgan fingerprint density at radius 1 is 1.37 bits per heavy atom. The van der Waals surface area contributed by atoms with Gasteiger partial charge >= 0.3 is 0 Å². The molecule has 0 amide bonds. The highest BCUT2D eigenvalue weighted by atomic mass is 15.1. The lowest BCUT2D eigenvalue weighted by molar-refractivity contribution is 0.680. The van der Waals surface area contributed by atoms with Crippen LogP contribution in [0, 0.1) is 18.3 Å². The quantitative estimate of drug-likeness (QED) is 0.757. The third-order valence-corrected chi connectivity index (χ3v) is 3.84. The lowest BCUT2D eigenvalue weighted by Crippen LogP contribution is -2.28. The standard InChI is InChI=1S/C16H21N3/c1-2-9-19(12-13-3-4-13)16-11-17-8-7-14(16)10-18-15-5-6-15/h1,7-8,11,13,15,18H,3-6,9-10,12H2. The van der Waals surface area contributed by atoms with Crippen LogP contribution in [-0.4, -0.2) is 24.1 Å². The van der Waals surface area contributed by atoms with E-state index in [1.54, 1.807) is 0 Å². The van der Waals surface area contributed by atoms with Gasteiger partial charge in [0.2, 0.25) is 0 Å². The fraction of sp³-hybridized carbons (Fsp3) is 0.562. The van der Waals surface area contributed by atoms with Gasteiger partial charge < -0.3 is 10.2 Å². The molecule has 1 aromatic heterocycles. The highest BCUT2D eigenvalue weighted by Crippen LogP contribution is 2.32. The molecule has 100 valence electrons. The number of nitrogens with zero attached hydrogens (tertiary/aromatic N) is 2. The van der Waals surface area contributed by atoms with Crippen LogP contribution in [0.4, 0.5) is 5.69 Å². The van der Waals surface area contributed by atoms with E-state index in [9.17, 15) is 0 Å². The molecule has 0 radical (unpaired) electrons. The molecule has 0 bridgehead atoms. The highest BCUT2D eigenvalue weighted by Gasteiger charge is 2.25. The first-order chi connectivity index (χ1) is 9.36. The van der Waals surface area contributed by atoms with Crippen LogP contribution in [0.1, 0.15) is 31.2 Å². The van der Waals surface area contributed by atoms with Crippen molar-refractivity contribution in [1.82, 2.24) is 10.3 Å². The minimum Gasteiger partial charge on any atom is -0.359 e. The first kappa shape index (κ1) is 12.5. The third kappa shape index (κ3) is 3.48.